The van der Waals surface area contributed by atoms with E-state index in [1.807, 2.05) is 0 Å². The van der Waals surface area contributed by atoms with E-state index in [1.165, 1.54) is 70.8 Å². The predicted octanol–water partition coefficient (Wildman–Crippen LogP) is 4.60. The Bertz CT molecular complexity index is 257. The highest BCUT2D eigenvalue weighted by atomic mass is 32.2. The molecule has 0 fully saturated rings. The van der Waals surface area contributed by atoms with Gasteiger partial charge in [-0.1, -0.05) is 58.3 Å². The monoisotopic (exact) mass is 320 g/mol. The van der Waals surface area contributed by atoms with Crippen molar-refractivity contribution in [1.29, 1.82) is 0 Å². The fourth-order valence-electron chi connectivity index (χ4n) is 2.76. The fraction of sp³-hybridized carbons (Fsp3) is 1.00. The van der Waals surface area contributed by atoms with Gasteiger partial charge >= 0.3 is 0 Å². The molecule has 0 bridgehead atoms. The zero-order chi connectivity index (χ0) is 16.0. The van der Waals surface area contributed by atoms with Gasteiger partial charge in [0.25, 0.3) is 0 Å². The van der Waals surface area contributed by atoms with E-state index >= 15 is 0 Å². The van der Waals surface area contributed by atoms with E-state index in [0.29, 0.717) is 5.75 Å². The first kappa shape index (κ1) is 21.1. The summed E-state index contributed by atoms with van der Waals surface area (Å²) in [6.07, 6.45) is 14.6. The third-order valence-corrected chi connectivity index (χ3v) is 4.84. The molecule has 0 saturated carbocycles. The van der Waals surface area contributed by atoms with Gasteiger partial charge in [-0.15, -0.1) is 0 Å². The van der Waals surface area contributed by atoms with Crippen molar-refractivity contribution >= 4 is 11.1 Å². The van der Waals surface area contributed by atoms with E-state index in [9.17, 15) is 4.21 Å². The molecule has 1 N–H and O–H groups in total. The van der Waals surface area contributed by atoms with Crippen molar-refractivity contribution in [2.24, 2.45) is 0 Å². The van der Waals surface area contributed by atoms with Gasteiger partial charge in [0.2, 0.25) is 0 Å². The Morgan fingerprint density at radius 1 is 0.762 bits per heavy atom. The molecule has 0 aliphatic rings. The number of nitrogens with zero attached hydrogens (tertiary/aromatic N) is 1. The quantitative estimate of drug-likeness (QED) is 0.272. The maximum Gasteiger partial charge on any atom is 0.153 e. The minimum Gasteiger partial charge on any atom is -0.328 e. The van der Waals surface area contributed by atoms with Crippen LogP contribution < -0.4 is 0 Å². The van der Waals surface area contributed by atoms with Crippen LogP contribution in [0, 0.1) is 0 Å². The summed E-state index contributed by atoms with van der Waals surface area (Å²) in [4.78, 5) is 0. The molecule has 0 amide bonds. The van der Waals surface area contributed by atoms with Crippen LogP contribution in [-0.4, -0.2) is 46.2 Å². The molecule has 1 unspecified atom stereocenters. The highest BCUT2D eigenvalue weighted by molar-refractivity contribution is 7.79. The van der Waals surface area contributed by atoms with Crippen LogP contribution in [0.25, 0.3) is 0 Å². The van der Waals surface area contributed by atoms with Crippen molar-refractivity contribution in [2.75, 3.05) is 32.9 Å². The summed E-state index contributed by atoms with van der Waals surface area (Å²) < 4.78 is 20.4. The number of quaternary nitrogens is 1. The summed E-state index contributed by atoms with van der Waals surface area (Å²) in [5.74, 6) is 0.416. The SMILES string of the molecule is CCCCCCCCCCCC[N+](C)(C)CCCS(=O)O. The van der Waals surface area contributed by atoms with Crippen molar-refractivity contribution in [2.45, 2.75) is 77.6 Å². The van der Waals surface area contributed by atoms with Gasteiger partial charge in [0.05, 0.1) is 32.9 Å². The molecule has 128 valence electrons. The minimum atomic E-state index is -1.62. The van der Waals surface area contributed by atoms with Gasteiger partial charge in [0.1, 0.15) is 0 Å². The third kappa shape index (κ3) is 16.3. The molecule has 1 atom stereocenters. The number of hydrogen-bond donors (Lipinski definition) is 1. The van der Waals surface area contributed by atoms with Crippen molar-refractivity contribution < 1.29 is 13.2 Å². The van der Waals surface area contributed by atoms with Crippen molar-refractivity contribution in [3.8, 4) is 0 Å². The Labute approximate surface area is 135 Å². The lowest BCUT2D eigenvalue weighted by molar-refractivity contribution is -0.890. The lowest BCUT2D eigenvalue weighted by Gasteiger charge is -2.29. The van der Waals surface area contributed by atoms with Crippen LogP contribution in [-0.2, 0) is 11.1 Å². The van der Waals surface area contributed by atoms with Gasteiger partial charge in [-0.05, 0) is 12.8 Å². The lowest BCUT2D eigenvalue weighted by atomic mass is 10.1. The second-order valence-electron chi connectivity index (χ2n) is 6.94. The molecule has 0 rings (SSSR count). The van der Waals surface area contributed by atoms with E-state index in [2.05, 4.69) is 21.0 Å². The largest absolute Gasteiger partial charge is 0.328 e. The predicted molar refractivity (Wildman–Crippen MR) is 93.9 cm³/mol. The molecule has 0 aromatic rings. The topological polar surface area (TPSA) is 37.3 Å². The van der Waals surface area contributed by atoms with Crippen molar-refractivity contribution in [1.82, 2.24) is 0 Å². The number of hydrogen-bond acceptors (Lipinski definition) is 1. The molecule has 3 nitrogen and oxygen atoms in total. The molecular formula is C17H38NO2S+. The second-order valence-corrected chi connectivity index (χ2v) is 8.00. The molecule has 0 radical (unpaired) electrons. The fourth-order valence-corrected chi connectivity index (χ4v) is 3.13. The minimum absolute atomic E-state index is 0.416. The Kier molecular flexibility index (Phi) is 13.8. The number of unbranched alkanes of at least 4 members (excludes halogenated alkanes) is 9. The average Bonchev–Trinajstić information content (AvgIpc) is 2.40. The van der Waals surface area contributed by atoms with Crippen LogP contribution in [0.15, 0.2) is 0 Å². The highest BCUT2D eigenvalue weighted by Crippen LogP contribution is 2.11. The second kappa shape index (κ2) is 13.7. The zero-order valence-electron chi connectivity index (χ0n) is 14.6. The van der Waals surface area contributed by atoms with Gasteiger partial charge in [0.15, 0.2) is 11.1 Å². The van der Waals surface area contributed by atoms with E-state index in [4.69, 9.17) is 4.55 Å². The van der Waals surface area contributed by atoms with Crippen LogP contribution in [0.5, 0.6) is 0 Å². The molecule has 0 aromatic carbocycles. The Balaban J connectivity index is 3.34. The standard InChI is InChI=1S/C17H37NO2S/c1-4-5-6-7-8-9-10-11-12-13-15-18(2,3)16-14-17-21(19)20/h4-17H2,1-3H3/p+1. The summed E-state index contributed by atoms with van der Waals surface area (Å²) >= 11 is -1.62. The average molecular weight is 321 g/mol. The Morgan fingerprint density at radius 2 is 1.19 bits per heavy atom. The van der Waals surface area contributed by atoms with Crippen molar-refractivity contribution in [3.63, 3.8) is 0 Å². The maximum atomic E-state index is 10.6. The summed E-state index contributed by atoms with van der Waals surface area (Å²) in [7, 11) is 4.46. The van der Waals surface area contributed by atoms with Crippen LogP contribution in [0.3, 0.4) is 0 Å². The smallest absolute Gasteiger partial charge is 0.153 e. The van der Waals surface area contributed by atoms with Crippen LogP contribution >= 0.6 is 0 Å². The van der Waals surface area contributed by atoms with Crippen LogP contribution in [0.1, 0.15) is 77.6 Å². The zero-order valence-corrected chi connectivity index (χ0v) is 15.4. The van der Waals surface area contributed by atoms with E-state index < -0.39 is 11.1 Å². The van der Waals surface area contributed by atoms with E-state index in [0.717, 1.165) is 17.4 Å². The molecule has 0 aromatic heterocycles. The molecule has 0 aliphatic carbocycles. The molecule has 21 heavy (non-hydrogen) atoms. The molecular weight excluding hydrogens is 282 g/mol. The first-order valence-electron chi connectivity index (χ1n) is 8.87. The molecule has 0 aliphatic heterocycles. The summed E-state index contributed by atoms with van der Waals surface area (Å²) in [5, 5.41) is 0. The lowest BCUT2D eigenvalue weighted by Crippen LogP contribution is -2.41. The normalized spacial score (nSPS) is 13.5. The van der Waals surface area contributed by atoms with Gasteiger partial charge < -0.3 is 9.04 Å². The summed E-state index contributed by atoms with van der Waals surface area (Å²) in [6.45, 7) is 4.46. The number of rotatable bonds is 15. The van der Waals surface area contributed by atoms with Gasteiger partial charge in [-0.2, -0.15) is 0 Å². The van der Waals surface area contributed by atoms with E-state index in [-0.39, 0.29) is 0 Å². The third-order valence-electron chi connectivity index (χ3n) is 4.20. The molecule has 0 saturated heterocycles. The first-order valence-corrected chi connectivity index (χ1v) is 10.1. The summed E-state index contributed by atoms with van der Waals surface area (Å²) in [6, 6.07) is 0. The molecule has 0 spiro atoms. The highest BCUT2D eigenvalue weighted by Gasteiger charge is 2.14. The first-order chi connectivity index (χ1) is 9.98. The van der Waals surface area contributed by atoms with Crippen molar-refractivity contribution in [3.05, 3.63) is 0 Å². The molecule has 0 heterocycles. The maximum absolute atomic E-state index is 10.6. The molecule has 4 heteroatoms. The Hall–Kier alpha value is 0.0700. The van der Waals surface area contributed by atoms with E-state index in [1.54, 1.807) is 0 Å². The Morgan fingerprint density at radius 3 is 1.67 bits per heavy atom. The summed E-state index contributed by atoms with van der Waals surface area (Å²) in [5.41, 5.74) is 0. The van der Waals surface area contributed by atoms with Crippen LogP contribution in [0.2, 0.25) is 0 Å². The van der Waals surface area contributed by atoms with Gasteiger partial charge in [-0.25, -0.2) is 4.21 Å². The van der Waals surface area contributed by atoms with Crippen LogP contribution in [0.4, 0.5) is 0 Å². The van der Waals surface area contributed by atoms with Gasteiger partial charge in [-0.3, -0.25) is 0 Å². The van der Waals surface area contributed by atoms with Gasteiger partial charge in [0, 0.05) is 6.42 Å².